The van der Waals surface area contributed by atoms with Crippen LogP contribution >= 0.6 is 58.0 Å². The maximum Gasteiger partial charge on any atom is 0.283 e. The van der Waals surface area contributed by atoms with E-state index in [0.29, 0.717) is 16.3 Å². The molecule has 9 heteroatoms. The third-order valence-electron chi connectivity index (χ3n) is 3.79. The molecule has 0 aliphatic carbocycles. The van der Waals surface area contributed by atoms with E-state index in [9.17, 15) is 9.59 Å². The zero-order valence-corrected chi connectivity index (χ0v) is 16.8. The molecule has 0 fully saturated rings. The lowest BCUT2D eigenvalue weighted by Crippen LogP contribution is -2.32. The molecule has 1 heterocycles. The predicted octanol–water partition coefficient (Wildman–Crippen LogP) is 6.04. The van der Waals surface area contributed by atoms with Crippen molar-refractivity contribution in [3.63, 3.8) is 0 Å². The number of hydrogen-bond donors (Lipinski definition) is 1. The normalized spacial score (nSPS) is 14.5. The van der Waals surface area contributed by atoms with E-state index >= 15 is 0 Å². The monoisotopic (exact) mass is 448 g/mol. The van der Waals surface area contributed by atoms with E-state index in [4.69, 9.17) is 58.0 Å². The number of halogens is 5. The molecule has 2 amide bonds. The third-order valence-corrected chi connectivity index (χ3v) is 5.57. The summed E-state index contributed by atoms with van der Waals surface area (Å²) >= 11 is 30.2. The molecule has 0 saturated carbocycles. The van der Waals surface area contributed by atoms with Crippen molar-refractivity contribution in [1.82, 2.24) is 0 Å². The van der Waals surface area contributed by atoms with Crippen molar-refractivity contribution in [2.45, 2.75) is 6.92 Å². The Kier molecular flexibility index (Phi) is 5.42. The van der Waals surface area contributed by atoms with Crippen LogP contribution in [0, 0.1) is 6.92 Å². The first-order chi connectivity index (χ1) is 12.2. The van der Waals surface area contributed by atoms with E-state index < -0.39 is 11.8 Å². The van der Waals surface area contributed by atoms with Crippen molar-refractivity contribution in [1.29, 1.82) is 0 Å². The van der Waals surface area contributed by atoms with Gasteiger partial charge in [0, 0.05) is 10.7 Å². The molecule has 0 radical (unpaired) electrons. The largest absolute Gasteiger partial charge is 0.349 e. The van der Waals surface area contributed by atoms with E-state index in [1.807, 2.05) is 0 Å². The molecule has 1 N–H and O–H groups in total. The molecule has 134 valence electrons. The van der Waals surface area contributed by atoms with Crippen molar-refractivity contribution in [3.8, 4) is 0 Å². The van der Waals surface area contributed by atoms with Crippen molar-refractivity contribution in [2.75, 3.05) is 10.2 Å². The lowest BCUT2D eigenvalue weighted by Gasteiger charge is -2.17. The molecule has 0 aromatic heterocycles. The highest BCUT2D eigenvalue weighted by molar-refractivity contribution is 6.54. The molecule has 4 nitrogen and oxygen atoms in total. The number of carbonyl (C=O) groups is 2. The smallest absolute Gasteiger partial charge is 0.283 e. The zero-order chi connectivity index (χ0) is 19.2. The van der Waals surface area contributed by atoms with E-state index in [1.165, 1.54) is 12.1 Å². The number of nitrogens with zero attached hydrogens (tertiary/aromatic N) is 1. The average molecular weight is 451 g/mol. The minimum Gasteiger partial charge on any atom is -0.349 e. The summed E-state index contributed by atoms with van der Waals surface area (Å²) in [7, 11) is 0. The van der Waals surface area contributed by atoms with Gasteiger partial charge in [0.2, 0.25) is 0 Å². The Morgan fingerprint density at radius 2 is 1.50 bits per heavy atom. The summed E-state index contributed by atoms with van der Waals surface area (Å²) in [5.74, 6) is -1.39. The summed E-state index contributed by atoms with van der Waals surface area (Å²) in [6.45, 7) is 1.77. The van der Waals surface area contributed by atoms with Crippen LogP contribution in [-0.2, 0) is 9.59 Å². The van der Waals surface area contributed by atoms with Gasteiger partial charge in [-0.3, -0.25) is 9.59 Å². The van der Waals surface area contributed by atoms with Crippen LogP contribution in [-0.4, -0.2) is 11.8 Å². The van der Waals surface area contributed by atoms with Crippen LogP contribution in [0.4, 0.5) is 11.4 Å². The average Bonchev–Trinajstić information content (AvgIpc) is 2.79. The SMILES string of the molecule is Cc1c(Cl)cccc1NC1=C(Cl)C(=O)N(c2cc(Cl)c(Cl)cc2Cl)C1=O. The van der Waals surface area contributed by atoms with Crippen molar-refractivity contribution < 1.29 is 9.59 Å². The Morgan fingerprint density at radius 3 is 2.19 bits per heavy atom. The van der Waals surface area contributed by atoms with E-state index in [-0.39, 0.29) is 31.5 Å². The first-order valence-corrected chi connectivity index (χ1v) is 9.06. The molecule has 0 bridgehead atoms. The van der Waals surface area contributed by atoms with Gasteiger partial charge in [0.15, 0.2) is 0 Å². The van der Waals surface area contributed by atoms with Gasteiger partial charge >= 0.3 is 0 Å². The first kappa shape index (κ1) is 19.3. The molecule has 1 aliphatic heterocycles. The summed E-state index contributed by atoms with van der Waals surface area (Å²) < 4.78 is 0. The molecule has 1 aliphatic rings. The van der Waals surface area contributed by atoms with Gasteiger partial charge in [0.25, 0.3) is 11.8 Å². The van der Waals surface area contributed by atoms with Gasteiger partial charge in [0.05, 0.1) is 20.8 Å². The maximum atomic E-state index is 12.8. The number of benzene rings is 2. The molecule has 0 saturated heterocycles. The summed E-state index contributed by atoms with van der Waals surface area (Å²) in [5, 5.41) is 3.55. The second-order valence-electron chi connectivity index (χ2n) is 5.39. The van der Waals surface area contributed by atoms with E-state index in [1.54, 1.807) is 25.1 Å². The van der Waals surface area contributed by atoms with E-state index in [0.717, 1.165) is 4.90 Å². The Balaban J connectivity index is 2.01. The molecular weight excluding hydrogens is 441 g/mol. The molecule has 0 unspecified atom stereocenters. The van der Waals surface area contributed by atoms with Gasteiger partial charge in [0.1, 0.15) is 10.7 Å². The molecule has 0 spiro atoms. The highest BCUT2D eigenvalue weighted by Crippen LogP contribution is 2.39. The minimum atomic E-state index is -0.723. The van der Waals surface area contributed by atoms with Crippen LogP contribution in [0.25, 0.3) is 0 Å². The van der Waals surface area contributed by atoms with Crippen molar-refractivity contribution in [2.24, 2.45) is 0 Å². The molecule has 3 rings (SSSR count). The lowest BCUT2D eigenvalue weighted by molar-refractivity contribution is -0.120. The Labute approximate surface area is 174 Å². The standard InChI is InChI=1S/C17H9Cl5N2O2/c1-7-8(18)3-2-4-12(7)23-15-14(22)16(25)24(17(15)26)13-6-10(20)9(19)5-11(13)21/h2-6,23H,1H3. The summed E-state index contributed by atoms with van der Waals surface area (Å²) in [6, 6.07) is 7.81. The summed E-state index contributed by atoms with van der Waals surface area (Å²) in [4.78, 5) is 26.2. The third kappa shape index (κ3) is 3.28. The van der Waals surface area contributed by atoms with Gasteiger partial charge in [-0.05, 0) is 36.8 Å². The number of amides is 2. The summed E-state index contributed by atoms with van der Waals surface area (Å²) in [5.41, 5.74) is 1.27. The second-order valence-corrected chi connectivity index (χ2v) is 7.40. The van der Waals surface area contributed by atoms with Gasteiger partial charge in [-0.2, -0.15) is 0 Å². The van der Waals surface area contributed by atoms with Crippen LogP contribution in [0.1, 0.15) is 5.56 Å². The second kappa shape index (κ2) is 7.29. The van der Waals surface area contributed by atoms with Crippen molar-refractivity contribution in [3.05, 3.63) is 66.7 Å². The van der Waals surface area contributed by atoms with Gasteiger partial charge in [-0.25, -0.2) is 4.90 Å². The maximum absolute atomic E-state index is 12.8. The Bertz CT molecular complexity index is 987. The van der Waals surface area contributed by atoms with Crippen molar-refractivity contribution >= 4 is 81.2 Å². The fourth-order valence-corrected chi connectivity index (χ4v) is 3.40. The fraction of sp³-hybridized carbons (Fsp3) is 0.0588. The number of imide groups is 1. The molecule has 2 aromatic rings. The highest BCUT2D eigenvalue weighted by atomic mass is 35.5. The number of hydrogen-bond acceptors (Lipinski definition) is 3. The molecule has 0 atom stereocenters. The summed E-state index contributed by atoms with van der Waals surface area (Å²) in [6.07, 6.45) is 0. The predicted molar refractivity (Wildman–Crippen MR) is 107 cm³/mol. The quantitative estimate of drug-likeness (QED) is 0.458. The topological polar surface area (TPSA) is 49.4 Å². The number of rotatable bonds is 3. The fourth-order valence-electron chi connectivity index (χ4n) is 2.39. The molecule has 26 heavy (non-hydrogen) atoms. The molecule has 2 aromatic carbocycles. The Morgan fingerprint density at radius 1 is 0.846 bits per heavy atom. The number of anilines is 2. The van der Waals surface area contributed by atoms with Gasteiger partial charge in [-0.15, -0.1) is 0 Å². The van der Waals surface area contributed by atoms with Gasteiger partial charge < -0.3 is 5.32 Å². The minimum absolute atomic E-state index is 0.0795. The first-order valence-electron chi connectivity index (χ1n) is 7.17. The van der Waals surface area contributed by atoms with E-state index in [2.05, 4.69) is 5.32 Å². The van der Waals surface area contributed by atoms with Gasteiger partial charge in [-0.1, -0.05) is 64.1 Å². The number of nitrogens with one attached hydrogen (secondary N) is 1. The zero-order valence-electron chi connectivity index (χ0n) is 13.0. The van der Waals surface area contributed by atoms with Crippen LogP contribution in [0.5, 0.6) is 0 Å². The van der Waals surface area contributed by atoms with Crippen LogP contribution < -0.4 is 10.2 Å². The lowest BCUT2D eigenvalue weighted by atomic mass is 10.2. The van der Waals surface area contributed by atoms with Crippen LogP contribution in [0.2, 0.25) is 20.1 Å². The van der Waals surface area contributed by atoms with Crippen LogP contribution in [0.15, 0.2) is 41.1 Å². The Hall–Kier alpha value is -1.43. The number of carbonyl (C=O) groups excluding carboxylic acids is 2. The van der Waals surface area contributed by atoms with Crippen LogP contribution in [0.3, 0.4) is 0 Å². The molecular formula is C17H9Cl5N2O2. The highest BCUT2D eigenvalue weighted by Gasteiger charge is 2.40.